The maximum Gasteiger partial charge on any atom is 0.417 e. The van der Waals surface area contributed by atoms with Gasteiger partial charge in [-0.05, 0) is 25.8 Å². The predicted molar refractivity (Wildman–Crippen MR) is 40.1 cm³/mol. The maximum absolute atomic E-state index is 12.4. The Morgan fingerprint density at radius 1 is 1.31 bits per heavy atom. The van der Waals surface area contributed by atoms with Gasteiger partial charge in [0.1, 0.15) is 0 Å². The first kappa shape index (κ1) is 9.27. The van der Waals surface area contributed by atoms with E-state index in [2.05, 4.69) is 0 Å². The van der Waals surface area contributed by atoms with Crippen LogP contribution in [0.25, 0.3) is 0 Å². The number of hydrogen-bond donors (Lipinski definition) is 1. The Morgan fingerprint density at radius 2 is 1.92 bits per heavy atom. The number of halogens is 3. The molecule has 3 fully saturated rings. The Balaban J connectivity index is 2.06. The van der Waals surface area contributed by atoms with Gasteiger partial charge >= 0.3 is 6.18 Å². The van der Waals surface area contributed by atoms with Crippen molar-refractivity contribution < 1.29 is 17.9 Å². The summed E-state index contributed by atoms with van der Waals surface area (Å²) in [6, 6.07) is 0. The van der Waals surface area contributed by atoms with Gasteiger partial charge in [0.25, 0.3) is 0 Å². The van der Waals surface area contributed by atoms with Crippen molar-refractivity contribution in [1.82, 2.24) is 0 Å². The van der Waals surface area contributed by atoms with Crippen molar-refractivity contribution in [3.05, 3.63) is 0 Å². The largest absolute Gasteiger partial charge is 0.417 e. The highest BCUT2D eigenvalue weighted by Crippen LogP contribution is 2.64. The molecule has 2 nitrogen and oxygen atoms in total. The predicted octanol–water partition coefficient (Wildman–Crippen LogP) is 1.45. The van der Waals surface area contributed by atoms with Crippen molar-refractivity contribution in [2.24, 2.45) is 11.1 Å². The third kappa shape index (κ3) is 1.10. The van der Waals surface area contributed by atoms with Crippen LogP contribution in [0.1, 0.15) is 19.3 Å². The van der Waals surface area contributed by atoms with E-state index in [1.165, 1.54) is 0 Å². The highest BCUT2D eigenvalue weighted by atomic mass is 19.4. The van der Waals surface area contributed by atoms with Crippen molar-refractivity contribution in [1.29, 1.82) is 0 Å². The number of fused-ring (bicyclic) bond motifs is 1. The van der Waals surface area contributed by atoms with E-state index in [1.807, 2.05) is 0 Å². The lowest BCUT2D eigenvalue weighted by Gasteiger charge is -2.45. The van der Waals surface area contributed by atoms with Crippen LogP contribution in [0.4, 0.5) is 13.2 Å². The fourth-order valence-electron chi connectivity index (χ4n) is 2.49. The smallest absolute Gasteiger partial charge is 0.365 e. The molecule has 0 atom stereocenters. The lowest BCUT2D eigenvalue weighted by molar-refractivity contribution is -0.277. The third-order valence-corrected chi connectivity index (χ3v) is 3.17. The van der Waals surface area contributed by atoms with Gasteiger partial charge in [-0.1, -0.05) is 0 Å². The zero-order valence-corrected chi connectivity index (χ0v) is 7.16. The number of hydrogen-bond acceptors (Lipinski definition) is 2. The molecule has 2 N–H and O–H groups in total. The summed E-state index contributed by atoms with van der Waals surface area (Å²) >= 11 is 0. The quantitative estimate of drug-likeness (QED) is 0.723. The minimum atomic E-state index is -4.21. The molecule has 2 bridgehead atoms. The van der Waals surface area contributed by atoms with Gasteiger partial charge in [-0.3, -0.25) is 0 Å². The minimum absolute atomic E-state index is 0.112. The van der Waals surface area contributed by atoms with Crippen LogP contribution in [0.15, 0.2) is 0 Å². The highest BCUT2D eigenvalue weighted by molar-refractivity contribution is 5.14. The molecule has 0 unspecified atom stereocenters. The Labute approximate surface area is 74.2 Å². The molecule has 0 spiro atoms. The SMILES string of the molecule is NCCC12COC(C(F)(F)F)(C1)C2. The molecule has 76 valence electrons. The average Bonchev–Trinajstić information content (AvgIpc) is 2.40. The maximum atomic E-state index is 12.4. The van der Waals surface area contributed by atoms with E-state index in [4.69, 9.17) is 10.5 Å². The van der Waals surface area contributed by atoms with Gasteiger partial charge in [0.05, 0.1) is 6.61 Å². The molecule has 0 radical (unpaired) electrons. The van der Waals surface area contributed by atoms with E-state index in [0.717, 1.165) is 0 Å². The highest BCUT2D eigenvalue weighted by Gasteiger charge is 2.73. The molecule has 2 heterocycles. The summed E-state index contributed by atoms with van der Waals surface area (Å²) in [5.41, 5.74) is 3.26. The lowest BCUT2D eigenvalue weighted by atomic mass is 9.60. The lowest BCUT2D eigenvalue weighted by Crippen LogP contribution is -2.54. The van der Waals surface area contributed by atoms with Gasteiger partial charge in [0, 0.05) is 5.41 Å². The van der Waals surface area contributed by atoms with Crippen LogP contribution in [0.2, 0.25) is 0 Å². The van der Waals surface area contributed by atoms with E-state index in [0.29, 0.717) is 13.0 Å². The molecule has 13 heavy (non-hydrogen) atoms. The van der Waals surface area contributed by atoms with Crippen molar-refractivity contribution in [2.45, 2.75) is 31.0 Å². The summed E-state index contributed by atoms with van der Waals surface area (Å²) in [5.74, 6) is 0. The second-order valence-corrected chi connectivity index (χ2v) is 4.17. The molecule has 0 aromatic heterocycles. The summed E-state index contributed by atoms with van der Waals surface area (Å²) < 4.78 is 42.2. The molecule has 5 heteroatoms. The first-order chi connectivity index (χ1) is 5.93. The molecule has 3 aliphatic rings. The van der Waals surface area contributed by atoms with E-state index in [9.17, 15) is 13.2 Å². The zero-order valence-electron chi connectivity index (χ0n) is 7.16. The van der Waals surface area contributed by atoms with Crippen molar-refractivity contribution in [3.8, 4) is 0 Å². The van der Waals surface area contributed by atoms with Crippen LogP contribution < -0.4 is 5.73 Å². The monoisotopic (exact) mass is 195 g/mol. The van der Waals surface area contributed by atoms with Crippen LogP contribution in [-0.4, -0.2) is 24.9 Å². The van der Waals surface area contributed by atoms with E-state index >= 15 is 0 Å². The Morgan fingerprint density at radius 3 is 2.31 bits per heavy atom. The summed E-state index contributed by atoms with van der Waals surface area (Å²) in [6.07, 6.45) is -3.34. The molecular weight excluding hydrogens is 183 g/mol. The molecule has 1 saturated carbocycles. The molecule has 2 aliphatic heterocycles. The summed E-state index contributed by atoms with van der Waals surface area (Å²) in [6.45, 7) is 0.668. The van der Waals surface area contributed by atoms with Gasteiger partial charge in [-0.2, -0.15) is 13.2 Å². The standard InChI is InChI=1S/C8H12F3NO/c9-8(10,11)7-3-6(4-7,1-2-12)5-13-7/h1-5,12H2. The van der Waals surface area contributed by atoms with Gasteiger partial charge in [-0.15, -0.1) is 0 Å². The fraction of sp³-hybridized carbons (Fsp3) is 1.00. The van der Waals surface area contributed by atoms with Crippen molar-refractivity contribution >= 4 is 0 Å². The summed E-state index contributed by atoms with van der Waals surface area (Å²) in [4.78, 5) is 0. The van der Waals surface area contributed by atoms with Crippen LogP contribution in [0, 0.1) is 5.41 Å². The number of rotatable bonds is 2. The third-order valence-electron chi connectivity index (χ3n) is 3.17. The first-order valence-electron chi connectivity index (χ1n) is 4.34. The Hall–Kier alpha value is -0.290. The molecule has 2 saturated heterocycles. The van der Waals surface area contributed by atoms with Gasteiger partial charge in [-0.25, -0.2) is 0 Å². The van der Waals surface area contributed by atoms with Gasteiger partial charge < -0.3 is 10.5 Å². The van der Waals surface area contributed by atoms with Crippen LogP contribution in [0.5, 0.6) is 0 Å². The Bertz CT molecular complexity index is 220. The van der Waals surface area contributed by atoms with Crippen molar-refractivity contribution in [3.63, 3.8) is 0 Å². The number of alkyl halides is 3. The van der Waals surface area contributed by atoms with Crippen LogP contribution in [-0.2, 0) is 4.74 Å². The number of ether oxygens (including phenoxy) is 1. The van der Waals surface area contributed by atoms with E-state index < -0.39 is 11.8 Å². The first-order valence-corrected chi connectivity index (χ1v) is 4.34. The topological polar surface area (TPSA) is 35.2 Å². The van der Waals surface area contributed by atoms with Gasteiger partial charge in [0.15, 0.2) is 5.60 Å². The number of nitrogens with two attached hydrogens (primary N) is 1. The average molecular weight is 195 g/mol. The molecular formula is C8H12F3NO. The second-order valence-electron chi connectivity index (χ2n) is 4.17. The van der Waals surface area contributed by atoms with Crippen LogP contribution in [0.3, 0.4) is 0 Å². The zero-order chi connectivity index (χ0) is 9.74. The summed E-state index contributed by atoms with van der Waals surface area (Å²) in [7, 11) is 0. The fourth-order valence-corrected chi connectivity index (χ4v) is 2.49. The summed E-state index contributed by atoms with van der Waals surface area (Å²) in [5, 5.41) is 0. The molecule has 1 aliphatic carbocycles. The molecule has 0 amide bonds. The van der Waals surface area contributed by atoms with Crippen LogP contribution >= 0.6 is 0 Å². The second kappa shape index (κ2) is 2.39. The van der Waals surface area contributed by atoms with E-state index in [-0.39, 0.29) is 24.9 Å². The molecule has 0 aromatic carbocycles. The molecule has 0 aromatic rings. The van der Waals surface area contributed by atoms with Gasteiger partial charge in [0.2, 0.25) is 0 Å². The van der Waals surface area contributed by atoms with E-state index in [1.54, 1.807) is 0 Å². The van der Waals surface area contributed by atoms with Crippen molar-refractivity contribution in [2.75, 3.05) is 13.2 Å². The molecule has 3 rings (SSSR count). The minimum Gasteiger partial charge on any atom is -0.365 e. The Kier molecular flexibility index (Phi) is 1.70. The normalized spacial score (nSPS) is 43.4.